The molecule has 0 bridgehead atoms. The molecule has 222 valence electrons. The fraction of sp³-hybridized carbons (Fsp3) is 0.424. The highest BCUT2D eigenvalue weighted by molar-refractivity contribution is 6.33. The summed E-state index contributed by atoms with van der Waals surface area (Å²) < 4.78 is 37.3. The summed E-state index contributed by atoms with van der Waals surface area (Å²) in [5, 5.41) is 13.1. The predicted molar refractivity (Wildman–Crippen MR) is 164 cm³/mol. The minimum absolute atomic E-state index is 0.0116. The second-order valence-corrected chi connectivity index (χ2v) is 12.8. The van der Waals surface area contributed by atoms with E-state index in [1.807, 2.05) is 23.1 Å². The number of anilines is 1. The zero-order chi connectivity index (χ0) is 29.9. The van der Waals surface area contributed by atoms with Gasteiger partial charge in [-0.15, -0.1) is 6.42 Å². The molecular formula is C33H32ClF2N5O2. The summed E-state index contributed by atoms with van der Waals surface area (Å²) in [6.45, 7) is 4.16. The van der Waals surface area contributed by atoms with Gasteiger partial charge in [-0.3, -0.25) is 9.88 Å². The van der Waals surface area contributed by atoms with Crippen LogP contribution in [0.4, 0.5) is 14.6 Å². The van der Waals surface area contributed by atoms with Crippen LogP contribution in [0.2, 0.25) is 5.02 Å². The van der Waals surface area contributed by atoms with Crippen LogP contribution in [0.15, 0.2) is 36.5 Å². The molecule has 0 aliphatic carbocycles. The number of ether oxygens (including phenoxy) is 1. The number of nitrogens with zero attached hydrogens (tertiary/aromatic N) is 5. The Morgan fingerprint density at radius 3 is 2.84 bits per heavy atom. The third kappa shape index (κ3) is 4.86. The number of hydrogen-bond acceptors (Lipinski definition) is 7. The maximum Gasteiger partial charge on any atom is 0.319 e. The van der Waals surface area contributed by atoms with Crippen molar-refractivity contribution in [1.29, 1.82) is 0 Å². The Hall–Kier alpha value is -3.58. The van der Waals surface area contributed by atoms with Crippen molar-refractivity contribution in [2.45, 2.75) is 56.3 Å². The van der Waals surface area contributed by atoms with E-state index >= 15 is 4.39 Å². The Morgan fingerprint density at radius 1 is 1.19 bits per heavy atom. The van der Waals surface area contributed by atoms with Crippen molar-refractivity contribution in [3.63, 3.8) is 0 Å². The molecule has 10 heteroatoms. The van der Waals surface area contributed by atoms with Gasteiger partial charge in [-0.1, -0.05) is 41.8 Å². The van der Waals surface area contributed by atoms with Crippen LogP contribution in [0.3, 0.4) is 0 Å². The molecule has 7 nitrogen and oxygen atoms in total. The summed E-state index contributed by atoms with van der Waals surface area (Å²) >= 11 is 6.44. The molecule has 5 heterocycles. The first-order valence-electron chi connectivity index (χ1n) is 14.7. The van der Waals surface area contributed by atoms with E-state index in [-0.39, 0.29) is 23.8 Å². The minimum Gasteiger partial charge on any atom is -0.461 e. The third-order valence-corrected chi connectivity index (χ3v) is 9.56. The smallest absolute Gasteiger partial charge is 0.319 e. The van der Waals surface area contributed by atoms with E-state index in [0.717, 1.165) is 31.2 Å². The number of fused-ring (bicyclic) bond motifs is 3. The SMILES string of the molecule is C#Cc1c(Cl)ccc2cccc(-c3ncc4c(N5CCC[C@@](C)(O)C5)nc(OC[C@@]56CCCN5C[C@H](F)C6)nc4c3F)c12. The number of benzene rings is 2. The van der Waals surface area contributed by atoms with Crippen LogP contribution >= 0.6 is 11.6 Å². The van der Waals surface area contributed by atoms with Gasteiger partial charge in [0, 0.05) is 43.2 Å². The van der Waals surface area contributed by atoms with E-state index in [9.17, 15) is 9.50 Å². The van der Waals surface area contributed by atoms with Crippen molar-refractivity contribution >= 4 is 39.1 Å². The van der Waals surface area contributed by atoms with Gasteiger partial charge >= 0.3 is 6.01 Å². The summed E-state index contributed by atoms with van der Waals surface area (Å²) in [5.41, 5.74) is -0.262. The normalized spacial score (nSPS) is 25.8. The molecule has 43 heavy (non-hydrogen) atoms. The van der Waals surface area contributed by atoms with Crippen LogP contribution in [0.5, 0.6) is 6.01 Å². The van der Waals surface area contributed by atoms with Gasteiger partial charge in [0.15, 0.2) is 5.82 Å². The molecule has 4 aromatic rings. The molecule has 3 saturated heterocycles. The number of aromatic nitrogens is 3. The number of piperidine rings is 1. The monoisotopic (exact) mass is 603 g/mol. The molecule has 0 spiro atoms. The first kappa shape index (κ1) is 28.2. The largest absolute Gasteiger partial charge is 0.461 e. The minimum atomic E-state index is -0.931. The van der Waals surface area contributed by atoms with Crippen LogP contribution in [0.25, 0.3) is 32.9 Å². The van der Waals surface area contributed by atoms with Crippen LogP contribution in [-0.4, -0.2) is 75.1 Å². The maximum absolute atomic E-state index is 16.7. The number of pyridine rings is 1. The van der Waals surface area contributed by atoms with Gasteiger partial charge in [0.05, 0.1) is 27.1 Å². The molecule has 0 saturated carbocycles. The second-order valence-electron chi connectivity index (χ2n) is 12.4. The van der Waals surface area contributed by atoms with Gasteiger partial charge < -0.3 is 14.7 Å². The van der Waals surface area contributed by atoms with Crippen molar-refractivity contribution in [2.75, 3.05) is 37.7 Å². The number of halogens is 3. The van der Waals surface area contributed by atoms with E-state index in [1.54, 1.807) is 25.3 Å². The van der Waals surface area contributed by atoms with Crippen molar-refractivity contribution in [3.8, 4) is 29.6 Å². The number of β-amino-alcohol motifs (C(OH)–C–C–N with tert-alkyl or cyclic N) is 1. The van der Waals surface area contributed by atoms with Crippen LogP contribution in [0, 0.1) is 18.2 Å². The maximum atomic E-state index is 16.7. The lowest BCUT2D eigenvalue weighted by Crippen LogP contribution is -2.46. The lowest BCUT2D eigenvalue weighted by atomic mass is 9.95. The Labute approximate surface area is 253 Å². The van der Waals surface area contributed by atoms with Crippen LogP contribution in [0.1, 0.15) is 44.6 Å². The van der Waals surface area contributed by atoms with Crippen molar-refractivity contribution in [2.24, 2.45) is 0 Å². The lowest BCUT2D eigenvalue weighted by Gasteiger charge is -2.38. The molecule has 1 N–H and O–H groups in total. The molecule has 3 fully saturated rings. The highest BCUT2D eigenvalue weighted by Gasteiger charge is 2.49. The van der Waals surface area contributed by atoms with Gasteiger partial charge in [-0.25, -0.2) is 8.78 Å². The summed E-state index contributed by atoms with van der Waals surface area (Å²) in [6.07, 6.45) is 10.1. The molecule has 2 aromatic carbocycles. The summed E-state index contributed by atoms with van der Waals surface area (Å²) in [5.74, 6) is 2.45. The Balaban J connectivity index is 1.37. The lowest BCUT2D eigenvalue weighted by molar-refractivity contribution is 0.0447. The molecule has 0 amide bonds. The number of rotatable bonds is 5. The highest BCUT2D eigenvalue weighted by Crippen LogP contribution is 2.41. The molecule has 3 aliphatic heterocycles. The van der Waals surface area contributed by atoms with Crippen molar-refractivity contribution < 1.29 is 18.6 Å². The number of aliphatic hydroxyl groups is 1. The van der Waals surface area contributed by atoms with Crippen molar-refractivity contribution in [3.05, 3.63) is 52.9 Å². The Bertz CT molecular complexity index is 1790. The van der Waals surface area contributed by atoms with E-state index < -0.39 is 23.1 Å². The summed E-state index contributed by atoms with van der Waals surface area (Å²) in [4.78, 5) is 18.0. The van der Waals surface area contributed by atoms with E-state index in [4.69, 9.17) is 27.7 Å². The van der Waals surface area contributed by atoms with Crippen molar-refractivity contribution in [1.82, 2.24) is 19.9 Å². The Morgan fingerprint density at radius 2 is 2.02 bits per heavy atom. The zero-order valence-electron chi connectivity index (χ0n) is 23.9. The molecular weight excluding hydrogens is 572 g/mol. The van der Waals surface area contributed by atoms with Crippen LogP contribution < -0.4 is 9.64 Å². The van der Waals surface area contributed by atoms with Crippen LogP contribution in [-0.2, 0) is 0 Å². The number of terminal acetylenes is 1. The number of alkyl halides is 1. The van der Waals surface area contributed by atoms with E-state index in [1.165, 1.54) is 0 Å². The Kier molecular flexibility index (Phi) is 6.92. The van der Waals surface area contributed by atoms with Gasteiger partial charge in [0.2, 0.25) is 0 Å². The van der Waals surface area contributed by atoms with Gasteiger partial charge in [0.1, 0.15) is 29.8 Å². The first-order valence-corrected chi connectivity index (χ1v) is 15.1. The molecule has 3 aliphatic rings. The zero-order valence-corrected chi connectivity index (χ0v) is 24.7. The third-order valence-electron chi connectivity index (χ3n) is 9.24. The second kappa shape index (κ2) is 10.5. The van der Waals surface area contributed by atoms with Gasteiger partial charge in [-0.05, 0) is 50.6 Å². The molecule has 3 atom stereocenters. The summed E-state index contributed by atoms with van der Waals surface area (Å²) in [7, 11) is 0. The molecule has 7 rings (SSSR count). The molecule has 0 unspecified atom stereocenters. The average molecular weight is 604 g/mol. The molecule has 0 radical (unpaired) electrons. The van der Waals surface area contributed by atoms with Gasteiger partial charge in [0.25, 0.3) is 0 Å². The fourth-order valence-electron chi connectivity index (χ4n) is 7.26. The van der Waals surface area contributed by atoms with E-state index in [0.29, 0.717) is 65.2 Å². The standard InChI is InChI=1S/C33H32ClF2N5O2/c1-3-22-25(34)10-9-20-7-4-8-23(26(20)22)28-27(36)29-24(16-37-28)30(40-13-5-11-32(2,42)18-40)39-31(38-29)43-19-33-12-6-14-41(33)17-21(35)15-33/h1,4,7-10,16,21,42H,5-6,11-15,17-19H2,2H3/t21-,32-,33+/m1/s1. The van der Waals surface area contributed by atoms with E-state index in [2.05, 4.69) is 20.8 Å². The van der Waals surface area contributed by atoms with Gasteiger partial charge in [-0.2, -0.15) is 9.97 Å². The highest BCUT2D eigenvalue weighted by atomic mass is 35.5. The quantitative estimate of drug-likeness (QED) is 0.284. The predicted octanol–water partition coefficient (Wildman–Crippen LogP) is 5.93. The summed E-state index contributed by atoms with van der Waals surface area (Å²) in [6, 6.07) is 9.05. The first-order chi connectivity index (χ1) is 20.7. The topological polar surface area (TPSA) is 74.6 Å². The fourth-order valence-corrected chi connectivity index (χ4v) is 7.47. The number of hydrogen-bond donors (Lipinski definition) is 1. The average Bonchev–Trinajstić information content (AvgIpc) is 3.51. The molecule has 2 aromatic heterocycles.